The Morgan fingerprint density at radius 1 is 0.931 bits per heavy atom. The van der Waals surface area contributed by atoms with E-state index in [2.05, 4.69) is 5.32 Å². The maximum atomic E-state index is 12.8. The number of hydrogen-bond acceptors (Lipinski definition) is 3. The fourth-order valence-electron chi connectivity index (χ4n) is 3.41. The van der Waals surface area contributed by atoms with Crippen LogP contribution in [-0.4, -0.2) is 23.3 Å². The van der Waals surface area contributed by atoms with Crippen molar-refractivity contribution in [1.82, 2.24) is 4.90 Å². The molecule has 0 aromatic heterocycles. The molecule has 0 aliphatic carbocycles. The topological polar surface area (TPSA) is 58.6 Å². The van der Waals surface area contributed by atoms with Crippen LogP contribution in [0.4, 0.5) is 5.69 Å². The van der Waals surface area contributed by atoms with Crippen molar-refractivity contribution < 1.29 is 14.3 Å². The first-order valence-corrected chi connectivity index (χ1v) is 9.63. The molecule has 0 radical (unpaired) electrons. The lowest BCUT2D eigenvalue weighted by atomic mass is 10.1. The molecular formula is C24H22N2O3. The maximum Gasteiger partial charge on any atom is 0.229 e. The highest BCUT2D eigenvalue weighted by molar-refractivity contribution is 5.98. The van der Waals surface area contributed by atoms with Crippen LogP contribution in [0.2, 0.25) is 0 Å². The first kappa shape index (κ1) is 18.7. The molecule has 1 saturated heterocycles. The molecule has 3 aromatic rings. The van der Waals surface area contributed by atoms with Gasteiger partial charge in [0.1, 0.15) is 5.75 Å². The summed E-state index contributed by atoms with van der Waals surface area (Å²) in [6.45, 7) is 0.943. The Balaban J connectivity index is 1.42. The Morgan fingerprint density at radius 3 is 2.34 bits per heavy atom. The molecule has 2 amide bonds. The summed E-state index contributed by atoms with van der Waals surface area (Å²) < 4.78 is 5.90. The van der Waals surface area contributed by atoms with Crippen LogP contribution in [0.5, 0.6) is 11.5 Å². The molecule has 146 valence electrons. The van der Waals surface area contributed by atoms with Crippen molar-refractivity contribution in [3.63, 3.8) is 0 Å². The number of amides is 2. The van der Waals surface area contributed by atoms with Crippen LogP contribution in [0.15, 0.2) is 84.9 Å². The molecule has 1 aliphatic heterocycles. The van der Waals surface area contributed by atoms with Crippen molar-refractivity contribution in [3.8, 4) is 11.5 Å². The van der Waals surface area contributed by atoms with Crippen LogP contribution in [-0.2, 0) is 16.1 Å². The van der Waals surface area contributed by atoms with Gasteiger partial charge in [-0.15, -0.1) is 0 Å². The number of ether oxygens (including phenoxy) is 1. The summed E-state index contributed by atoms with van der Waals surface area (Å²) >= 11 is 0. The summed E-state index contributed by atoms with van der Waals surface area (Å²) in [6, 6.07) is 26.5. The summed E-state index contributed by atoms with van der Waals surface area (Å²) in [6.07, 6.45) is 0.223. The standard InChI is InChI=1S/C24H22N2O3/c27-23-15-19(17-26(23)16-18-9-3-1-4-10-18)24(28)25-21-13-7-8-14-22(21)29-20-11-5-2-6-12-20/h1-14,19H,15-17H2,(H,25,28). The molecule has 1 aliphatic rings. The van der Waals surface area contributed by atoms with E-state index in [1.165, 1.54) is 0 Å². The molecule has 1 N–H and O–H groups in total. The number of benzene rings is 3. The molecule has 0 spiro atoms. The first-order valence-electron chi connectivity index (χ1n) is 9.63. The summed E-state index contributed by atoms with van der Waals surface area (Å²) in [5.74, 6) is 0.716. The van der Waals surface area contributed by atoms with Crippen LogP contribution in [0.3, 0.4) is 0 Å². The lowest BCUT2D eigenvalue weighted by Crippen LogP contribution is -2.28. The molecule has 0 saturated carbocycles. The van der Waals surface area contributed by atoms with Crippen LogP contribution < -0.4 is 10.1 Å². The van der Waals surface area contributed by atoms with E-state index in [0.717, 1.165) is 5.56 Å². The minimum absolute atomic E-state index is 0.00261. The van der Waals surface area contributed by atoms with Gasteiger partial charge >= 0.3 is 0 Å². The second-order valence-electron chi connectivity index (χ2n) is 7.06. The maximum absolute atomic E-state index is 12.8. The SMILES string of the molecule is O=C(Nc1ccccc1Oc1ccccc1)C1CC(=O)N(Cc2ccccc2)C1. The molecule has 0 bridgehead atoms. The van der Waals surface area contributed by atoms with Crippen molar-refractivity contribution in [1.29, 1.82) is 0 Å². The van der Waals surface area contributed by atoms with E-state index < -0.39 is 0 Å². The van der Waals surface area contributed by atoms with Gasteiger partial charge < -0.3 is 15.0 Å². The first-order chi connectivity index (χ1) is 14.2. The molecule has 1 heterocycles. The number of anilines is 1. The van der Waals surface area contributed by atoms with Gasteiger partial charge in [0, 0.05) is 19.5 Å². The van der Waals surface area contributed by atoms with Crippen molar-refractivity contribution in [2.45, 2.75) is 13.0 Å². The number of carbonyl (C=O) groups excluding carboxylic acids is 2. The molecule has 4 rings (SSSR count). The highest BCUT2D eigenvalue weighted by Gasteiger charge is 2.34. The average Bonchev–Trinajstić information content (AvgIpc) is 3.11. The molecule has 1 unspecified atom stereocenters. The Bertz CT molecular complexity index is 989. The van der Waals surface area contributed by atoms with E-state index in [9.17, 15) is 9.59 Å². The van der Waals surface area contributed by atoms with E-state index >= 15 is 0 Å². The fourth-order valence-corrected chi connectivity index (χ4v) is 3.41. The van der Waals surface area contributed by atoms with Gasteiger partial charge in [0.25, 0.3) is 0 Å². The molecule has 5 nitrogen and oxygen atoms in total. The van der Waals surface area contributed by atoms with Gasteiger partial charge in [0.05, 0.1) is 11.6 Å². The van der Waals surface area contributed by atoms with Gasteiger partial charge in [0.2, 0.25) is 11.8 Å². The Hall–Kier alpha value is -3.60. The third-order valence-electron chi connectivity index (χ3n) is 4.92. The third-order valence-corrected chi connectivity index (χ3v) is 4.92. The van der Waals surface area contributed by atoms with Crippen molar-refractivity contribution in [3.05, 3.63) is 90.5 Å². The Labute approximate surface area is 169 Å². The summed E-state index contributed by atoms with van der Waals surface area (Å²) in [4.78, 5) is 26.9. The number of carbonyl (C=O) groups is 2. The van der Waals surface area contributed by atoms with Crippen LogP contribution in [0.1, 0.15) is 12.0 Å². The number of likely N-dealkylation sites (tertiary alicyclic amines) is 1. The number of nitrogens with one attached hydrogen (secondary N) is 1. The lowest BCUT2D eigenvalue weighted by Gasteiger charge is -2.17. The fraction of sp³-hybridized carbons (Fsp3) is 0.167. The van der Waals surface area contributed by atoms with Gasteiger partial charge in [0.15, 0.2) is 5.75 Å². The van der Waals surface area contributed by atoms with E-state index in [-0.39, 0.29) is 24.2 Å². The third kappa shape index (κ3) is 4.63. The second kappa shape index (κ2) is 8.61. The number of para-hydroxylation sites is 3. The van der Waals surface area contributed by atoms with Gasteiger partial charge in [-0.25, -0.2) is 0 Å². The number of hydrogen-bond donors (Lipinski definition) is 1. The summed E-state index contributed by atoms with van der Waals surface area (Å²) in [7, 11) is 0. The van der Waals surface area contributed by atoms with Crippen LogP contribution >= 0.6 is 0 Å². The van der Waals surface area contributed by atoms with E-state index in [4.69, 9.17) is 4.74 Å². The largest absolute Gasteiger partial charge is 0.455 e. The molecule has 1 atom stereocenters. The highest BCUT2D eigenvalue weighted by atomic mass is 16.5. The van der Waals surface area contributed by atoms with E-state index in [0.29, 0.717) is 30.3 Å². The monoisotopic (exact) mass is 386 g/mol. The predicted octanol–water partition coefficient (Wildman–Crippen LogP) is 4.47. The number of nitrogens with zero attached hydrogens (tertiary/aromatic N) is 1. The zero-order chi connectivity index (χ0) is 20.1. The number of rotatable bonds is 6. The quantitative estimate of drug-likeness (QED) is 0.680. The van der Waals surface area contributed by atoms with Crippen molar-refractivity contribution >= 4 is 17.5 Å². The van der Waals surface area contributed by atoms with Gasteiger partial charge in [-0.2, -0.15) is 0 Å². The van der Waals surface area contributed by atoms with Gasteiger partial charge in [-0.05, 0) is 29.8 Å². The van der Waals surface area contributed by atoms with Crippen LogP contribution in [0, 0.1) is 5.92 Å². The highest BCUT2D eigenvalue weighted by Crippen LogP contribution is 2.30. The summed E-state index contributed by atoms with van der Waals surface area (Å²) in [5, 5.41) is 2.93. The molecule has 29 heavy (non-hydrogen) atoms. The minimum Gasteiger partial charge on any atom is -0.455 e. The zero-order valence-electron chi connectivity index (χ0n) is 16.0. The molecular weight excluding hydrogens is 364 g/mol. The van der Waals surface area contributed by atoms with E-state index in [1.54, 1.807) is 11.0 Å². The van der Waals surface area contributed by atoms with Gasteiger partial charge in [-0.1, -0.05) is 60.7 Å². The molecule has 1 fully saturated rings. The van der Waals surface area contributed by atoms with Crippen molar-refractivity contribution in [2.75, 3.05) is 11.9 Å². The van der Waals surface area contributed by atoms with E-state index in [1.807, 2.05) is 78.9 Å². The normalized spacial score (nSPS) is 15.9. The zero-order valence-corrected chi connectivity index (χ0v) is 16.0. The minimum atomic E-state index is -0.379. The molecule has 5 heteroatoms. The van der Waals surface area contributed by atoms with Crippen LogP contribution in [0.25, 0.3) is 0 Å². The van der Waals surface area contributed by atoms with Crippen molar-refractivity contribution in [2.24, 2.45) is 5.92 Å². The molecule has 3 aromatic carbocycles. The van der Waals surface area contributed by atoms with Gasteiger partial charge in [-0.3, -0.25) is 9.59 Å². The second-order valence-corrected chi connectivity index (χ2v) is 7.06. The average molecular weight is 386 g/mol. The lowest BCUT2D eigenvalue weighted by molar-refractivity contribution is -0.128. The Morgan fingerprint density at radius 2 is 1.59 bits per heavy atom. The predicted molar refractivity (Wildman–Crippen MR) is 112 cm³/mol. The summed E-state index contributed by atoms with van der Waals surface area (Å²) in [5.41, 5.74) is 1.65. The Kier molecular flexibility index (Phi) is 5.56. The smallest absolute Gasteiger partial charge is 0.229 e.